The van der Waals surface area contributed by atoms with Crippen molar-refractivity contribution in [2.45, 2.75) is 76.8 Å². The molecule has 0 heterocycles. The van der Waals surface area contributed by atoms with E-state index in [0.717, 1.165) is 12.2 Å². The smallest absolute Gasteiger partial charge is 0.250 e. The normalized spacial score (nSPS) is 15.0. The highest BCUT2D eigenvalue weighted by atomic mass is 28.4. The maximum Gasteiger partial charge on any atom is 0.250 e. The summed E-state index contributed by atoms with van der Waals surface area (Å²) in [5.74, 6) is 0.923. The van der Waals surface area contributed by atoms with Gasteiger partial charge in [0, 0.05) is 0 Å². The van der Waals surface area contributed by atoms with Crippen molar-refractivity contribution in [3.63, 3.8) is 0 Å². The van der Waals surface area contributed by atoms with Crippen molar-refractivity contribution >= 4 is 8.32 Å². The molecule has 3 nitrogen and oxygen atoms in total. The molecule has 2 N–H and O–H groups in total. The van der Waals surface area contributed by atoms with Crippen LogP contribution < -0.4 is 4.43 Å². The van der Waals surface area contributed by atoms with E-state index in [1.807, 2.05) is 12.1 Å². The SMILES string of the molecule is C=CC[C@@H](O)C[C@@H](O)CCc1ccc(O[Si](C)(C)C(C)(C)C)cc1. The molecule has 0 fully saturated rings. The topological polar surface area (TPSA) is 49.7 Å². The summed E-state index contributed by atoms with van der Waals surface area (Å²) in [6.07, 6.45) is 3.06. The minimum absolute atomic E-state index is 0.183. The Kier molecular flexibility index (Phi) is 7.71. The van der Waals surface area contributed by atoms with E-state index in [2.05, 4.69) is 52.6 Å². The summed E-state index contributed by atoms with van der Waals surface area (Å²) in [4.78, 5) is 0. The maximum absolute atomic E-state index is 9.99. The quantitative estimate of drug-likeness (QED) is 0.502. The molecule has 136 valence electrons. The van der Waals surface area contributed by atoms with E-state index in [9.17, 15) is 10.2 Å². The molecule has 0 aliphatic rings. The minimum Gasteiger partial charge on any atom is -0.544 e. The van der Waals surface area contributed by atoms with Gasteiger partial charge in [-0.3, -0.25) is 0 Å². The molecular weight excluding hydrogens is 316 g/mol. The third kappa shape index (κ3) is 6.79. The lowest BCUT2D eigenvalue weighted by Crippen LogP contribution is -2.43. The maximum atomic E-state index is 9.99. The van der Waals surface area contributed by atoms with Gasteiger partial charge in [-0.2, -0.15) is 0 Å². The first-order valence-electron chi connectivity index (χ1n) is 8.80. The molecule has 1 rings (SSSR count). The fourth-order valence-corrected chi connectivity index (χ4v) is 3.26. The summed E-state index contributed by atoms with van der Waals surface area (Å²) in [5, 5.41) is 19.9. The van der Waals surface area contributed by atoms with E-state index in [4.69, 9.17) is 4.43 Å². The van der Waals surface area contributed by atoms with Gasteiger partial charge in [0.2, 0.25) is 8.32 Å². The molecule has 1 aromatic rings. The molecule has 0 bridgehead atoms. The highest BCUT2D eigenvalue weighted by Gasteiger charge is 2.38. The summed E-state index contributed by atoms with van der Waals surface area (Å²) in [5.41, 5.74) is 1.18. The number of rotatable bonds is 9. The Labute approximate surface area is 148 Å². The highest BCUT2D eigenvalue weighted by molar-refractivity contribution is 6.74. The van der Waals surface area contributed by atoms with Gasteiger partial charge in [-0.15, -0.1) is 6.58 Å². The van der Waals surface area contributed by atoms with Crippen molar-refractivity contribution in [2.75, 3.05) is 0 Å². The number of aryl methyl sites for hydroxylation is 1. The van der Waals surface area contributed by atoms with Crippen LogP contribution in [0, 0.1) is 0 Å². The van der Waals surface area contributed by atoms with Crippen LogP contribution in [0.2, 0.25) is 18.1 Å². The zero-order valence-corrected chi connectivity index (χ0v) is 16.9. The Balaban J connectivity index is 2.52. The molecule has 0 aliphatic heterocycles. The minimum atomic E-state index is -1.80. The summed E-state index contributed by atoms with van der Waals surface area (Å²) >= 11 is 0. The predicted molar refractivity (Wildman–Crippen MR) is 104 cm³/mol. The Hall–Kier alpha value is -1.10. The van der Waals surface area contributed by atoms with Crippen LogP contribution in [-0.2, 0) is 6.42 Å². The number of hydrogen-bond donors (Lipinski definition) is 2. The van der Waals surface area contributed by atoms with Crippen LogP contribution in [0.1, 0.15) is 45.6 Å². The molecule has 2 atom stereocenters. The second-order valence-corrected chi connectivity index (χ2v) is 12.8. The molecule has 0 unspecified atom stereocenters. The van der Waals surface area contributed by atoms with Gasteiger partial charge in [0.15, 0.2) is 0 Å². The van der Waals surface area contributed by atoms with Gasteiger partial charge in [-0.05, 0) is 61.5 Å². The average Bonchev–Trinajstić information content (AvgIpc) is 2.45. The fourth-order valence-electron chi connectivity index (χ4n) is 2.23. The van der Waals surface area contributed by atoms with Crippen molar-refractivity contribution in [3.8, 4) is 5.75 Å². The van der Waals surface area contributed by atoms with Crippen LogP contribution in [0.4, 0.5) is 0 Å². The molecular formula is C20H34O3Si. The Morgan fingerprint density at radius 3 is 2.21 bits per heavy atom. The predicted octanol–water partition coefficient (Wildman–Crippen LogP) is 4.69. The van der Waals surface area contributed by atoms with Crippen LogP contribution >= 0.6 is 0 Å². The van der Waals surface area contributed by atoms with Gasteiger partial charge in [-0.25, -0.2) is 0 Å². The largest absolute Gasteiger partial charge is 0.544 e. The van der Waals surface area contributed by atoms with Crippen LogP contribution in [-0.4, -0.2) is 30.7 Å². The van der Waals surface area contributed by atoms with Crippen molar-refractivity contribution in [2.24, 2.45) is 0 Å². The van der Waals surface area contributed by atoms with Crippen LogP contribution in [0.5, 0.6) is 5.75 Å². The number of benzene rings is 1. The van der Waals surface area contributed by atoms with Crippen LogP contribution in [0.25, 0.3) is 0 Å². The summed E-state index contributed by atoms with van der Waals surface area (Å²) in [6.45, 7) is 14.8. The molecule has 24 heavy (non-hydrogen) atoms. The van der Waals surface area contributed by atoms with E-state index < -0.39 is 20.5 Å². The monoisotopic (exact) mass is 350 g/mol. The van der Waals surface area contributed by atoms with Gasteiger partial charge >= 0.3 is 0 Å². The molecule has 0 amide bonds. The second kappa shape index (κ2) is 8.84. The molecule has 0 radical (unpaired) electrons. The van der Waals surface area contributed by atoms with Gasteiger partial charge in [-0.1, -0.05) is 39.0 Å². The van der Waals surface area contributed by atoms with Gasteiger partial charge in [0.05, 0.1) is 12.2 Å². The lowest BCUT2D eigenvalue weighted by atomic mass is 10.0. The number of aliphatic hydroxyl groups is 2. The first-order valence-corrected chi connectivity index (χ1v) is 11.7. The van der Waals surface area contributed by atoms with Crippen LogP contribution in [0.3, 0.4) is 0 Å². The first kappa shape index (κ1) is 20.9. The summed E-state index contributed by atoms with van der Waals surface area (Å²) in [6, 6.07) is 8.17. The van der Waals surface area contributed by atoms with E-state index in [-0.39, 0.29) is 5.04 Å². The molecule has 1 aromatic carbocycles. The van der Waals surface area contributed by atoms with E-state index in [0.29, 0.717) is 19.3 Å². The molecule has 0 aliphatic carbocycles. The van der Waals surface area contributed by atoms with Crippen molar-refractivity contribution < 1.29 is 14.6 Å². The molecule has 0 saturated carbocycles. The summed E-state index contributed by atoms with van der Waals surface area (Å²) in [7, 11) is -1.80. The number of aliphatic hydroxyl groups excluding tert-OH is 2. The van der Waals surface area contributed by atoms with Crippen molar-refractivity contribution in [3.05, 3.63) is 42.5 Å². The van der Waals surface area contributed by atoms with Crippen LogP contribution in [0.15, 0.2) is 36.9 Å². The molecule has 0 aromatic heterocycles. The zero-order valence-electron chi connectivity index (χ0n) is 15.9. The third-order valence-electron chi connectivity index (χ3n) is 4.85. The molecule has 0 spiro atoms. The van der Waals surface area contributed by atoms with E-state index in [1.165, 1.54) is 5.56 Å². The molecule has 0 saturated heterocycles. The van der Waals surface area contributed by atoms with E-state index >= 15 is 0 Å². The van der Waals surface area contributed by atoms with Crippen molar-refractivity contribution in [1.82, 2.24) is 0 Å². The number of hydrogen-bond acceptors (Lipinski definition) is 3. The zero-order chi connectivity index (χ0) is 18.4. The lowest BCUT2D eigenvalue weighted by Gasteiger charge is -2.36. The van der Waals surface area contributed by atoms with E-state index in [1.54, 1.807) is 6.08 Å². The Bertz CT molecular complexity index is 503. The Morgan fingerprint density at radius 1 is 1.12 bits per heavy atom. The molecule has 4 heteroatoms. The van der Waals surface area contributed by atoms with Crippen molar-refractivity contribution in [1.29, 1.82) is 0 Å². The van der Waals surface area contributed by atoms with Gasteiger partial charge in [0.25, 0.3) is 0 Å². The average molecular weight is 351 g/mol. The van der Waals surface area contributed by atoms with Gasteiger partial charge in [0.1, 0.15) is 5.75 Å². The standard InChI is InChI=1S/C20H34O3Si/c1-7-8-17(21)15-18(22)12-9-16-10-13-19(14-11-16)23-24(5,6)20(2,3)4/h7,10-11,13-14,17-18,21-22H,1,8-9,12,15H2,2-6H3/t17-,18+/m1/s1. The first-order chi connectivity index (χ1) is 11.0. The second-order valence-electron chi connectivity index (χ2n) is 8.11. The Morgan fingerprint density at radius 2 is 1.71 bits per heavy atom. The fraction of sp³-hybridized carbons (Fsp3) is 0.600. The lowest BCUT2D eigenvalue weighted by molar-refractivity contribution is 0.0775. The van der Waals surface area contributed by atoms with Gasteiger partial charge < -0.3 is 14.6 Å². The third-order valence-corrected chi connectivity index (χ3v) is 9.21. The summed E-state index contributed by atoms with van der Waals surface area (Å²) < 4.78 is 6.27. The highest BCUT2D eigenvalue weighted by Crippen LogP contribution is 2.37.